The summed E-state index contributed by atoms with van der Waals surface area (Å²) in [6, 6.07) is 12.0. The Labute approximate surface area is 149 Å². The summed E-state index contributed by atoms with van der Waals surface area (Å²) in [5, 5.41) is 3.86. The van der Waals surface area contributed by atoms with Gasteiger partial charge in [-0.2, -0.15) is 0 Å². The van der Waals surface area contributed by atoms with E-state index in [0.29, 0.717) is 11.4 Å². The lowest BCUT2D eigenvalue weighted by atomic mass is 10.2. The number of nitrogens with two attached hydrogens (primary N) is 1. The molecule has 3 aromatic rings. The fourth-order valence-corrected chi connectivity index (χ4v) is 4.00. The largest absolute Gasteiger partial charge is 0.351 e. The molecule has 3 N–H and O–H groups in total. The molecule has 0 aliphatic rings. The third kappa shape index (κ3) is 4.29. The van der Waals surface area contributed by atoms with Crippen LogP contribution in [0.2, 0.25) is 0 Å². The normalized spacial score (nSPS) is 11.9. The summed E-state index contributed by atoms with van der Waals surface area (Å²) in [5.74, 6) is -0.0435. The molecular weight excluding hydrogens is 350 g/mol. The van der Waals surface area contributed by atoms with Gasteiger partial charge in [0.2, 0.25) is 0 Å². The van der Waals surface area contributed by atoms with Crippen LogP contribution in [0.4, 0.5) is 0 Å². The molecule has 23 heavy (non-hydrogen) atoms. The minimum Gasteiger partial charge on any atom is -0.351 e. The third-order valence-electron chi connectivity index (χ3n) is 3.22. The fourth-order valence-electron chi connectivity index (χ4n) is 2.05. The van der Waals surface area contributed by atoms with E-state index in [2.05, 4.69) is 16.4 Å². The third-order valence-corrected chi connectivity index (χ3v) is 5.51. The van der Waals surface area contributed by atoms with E-state index in [1.807, 2.05) is 37.3 Å². The molecule has 3 rings (SSSR count). The van der Waals surface area contributed by atoms with Gasteiger partial charge in [-0.25, -0.2) is 4.98 Å². The smallest absolute Gasteiger partial charge is 0.261 e. The van der Waals surface area contributed by atoms with E-state index in [-0.39, 0.29) is 24.4 Å². The van der Waals surface area contributed by atoms with Crippen LogP contribution in [-0.4, -0.2) is 23.5 Å². The lowest BCUT2D eigenvalue weighted by Gasteiger charge is -2.05. The Morgan fingerprint density at radius 2 is 2.04 bits per heavy atom. The number of amides is 1. The summed E-state index contributed by atoms with van der Waals surface area (Å²) < 4.78 is 1.16. The maximum Gasteiger partial charge on any atom is 0.261 e. The molecule has 122 valence electrons. The van der Waals surface area contributed by atoms with Gasteiger partial charge in [0.1, 0.15) is 5.01 Å². The van der Waals surface area contributed by atoms with E-state index in [9.17, 15) is 4.79 Å². The van der Waals surface area contributed by atoms with E-state index >= 15 is 0 Å². The highest BCUT2D eigenvalue weighted by atomic mass is 35.5. The average molecular weight is 368 g/mol. The van der Waals surface area contributed by atoms with Gasteiger partial charge in [0.25, 0.3) is 5.91 Å². The van der Waals surface area contributed by atoms with Gasteiger partial charge in [0.05, 0.1) is 20.0 Å². The number of nitrogens with one attached hydrogen (secondary N) is 1. The number of carbonyl (C=O) groups is 1. The van der Waals surface area contributed by atoms with Crippen molar-refractivity contribution in [1.82, 2.24) is 10.3 Å². The Balaban J connectivity index is 0.00000192. The van der Waals surface area contributed by atoms with Crippen LogP contribution in [-0.2, 0) is 0 Å². The second kappa shape index (κ2) is 7.88. The number of halogens is 1. The molecule has 1 amide bonds. The second-order valence-corrected chi connectivity index (χ2v) is 7.29. The lowest BCUT2D eigenvalue weighted by Crippen LogP contribution is -2.28. The monoisotopic (exact) mass is 367 g/mol. The maximum absolute atomic E-state index is 12.1. The molecule has 0 bridgehead atoms. The number of hydrogen-bond acceptors (Lipinski definition) is 5. The number of nitrogens with zero attached hydrogens (tertiary/aromatic N) is 1. The van der Waals surface area contributed by atoms with Gasteiger partial charge in [0, 0.05) is 12.6 Å². The number of para-hydroxylation sites is 1. The van der Waals surface area contributed by atoms with Crippen LogP contribution in [0.1, 0.15) is 23.0 Å². The lowest BCUT2D eigenvalue weighted by molar-refractivity contribution is 0.0957. The zero-order valence-electron chi connectivity index (χ0n) is 12.6. The highest BCUT2D eigenvalue weighted by molar-refractivity contribution is 7.26. The van der Waals surface area contributed by atoms with Gasteiger partial charge in [-0.1, -0.05) is 12.1 Å². The van der Waals surface area contributed by atoms with Crippen molar-refractivity contribution in [3.05, 3.63) is 41.3 Å². The van der Waals surface area contributed by atoms with Crippen LogP contribution >= 0.6 is 35.1 Å². The summed E-state index contributed by atoms with van der Waals surface area (Å²) in [7, 11) is 0. The predicted octanol–water partition coefficient (Wildman–Crippen LogP) is 3.91. The molecule has 0 radical (unpaired) electrons. The molecule has 0 saturated carbocycles. The van der Waals surface area contributed by atoms with E-state index in [1.165, 1.54) is 11.3 Å². The summed E-state index contributed by atoms with van der Waals surface area (Å²) in [4.78, 5) is 18.4. The quantitative estimate of drug-likeness (QED) is 0.718. The number of hydrogen-bond donors (Lipinski definition) is 2. The molecule has 0 aliphatic carbocycles. The van der Waals surface area contributed by atoms with E-state index in [1.54, 1.807) is 11.3 Å². The van der Waals surface area contributed by atoms with E-state index in [0.717, 1.165) is 26.5 Å². The van der Waals surface area contributed by atoms with Gasteiger partial charge in [-0.3, -0.25) is 4.79 Å². The molecule has 0 spiro atoms. The zero-order chi connectivity index (χ0) is 15.5. The van der Waals surface area contributed by atoms with Crippen LogP contribution in [0.5, 0.6) is 0 Å². The van der Waals surface area contributed by atoms with Crippen LogP contribution in [0.3, 0.4) is 0 Å². The van der Waals surface area contributed by atoms with Crippen molar-refractivity contribution in [2.24, 2.45) is 5.73 Å². The fraction of sp³-hybridized carbons (Fsp3) is 0.250. The number of carbonyl (C=O) groups excluding carboxylic acids is 1. The first-order valence-corrected chi connectivity index (χ1v) is 8.76. The van der Waals surface area contributed by atoms with Crippen LogP contribution < -0.4 is 11.1 Å². The predicted molar refractivity (Wildman–Crippen MR) is 101 cm³/mol. The molecule has 7 heteroatoms. The molecular formula is C16H18ClN3OS2. The van der Waals surface area contributed by atoms with Gasteiger partial charge < -0.3 is 11.1 Å². The molecule has 1 unspecified atom stereocenters. The van der Waals surface area contributed by atoms with Crippen molar-refractivity contribution in [1.29, 1.82) is 0 Å². The summed E-state index contributed by atoms with van der Waals surface area (Å²) >= 11 is 3.12. The molecule has 1 atom stereocenters. The maximum atomic E-state index is 12.1. The number of rotatable bonds is 5. The number of thiazole rings is 1. The number of fused-ring (bicyclic) bond motifs is 1. The zero-order valence-corrected chi connectivity index (χ0v) is 15.1. The van der Waals surface area contributed by atoms with Gasteiger partial charge >= 0.3 is 0 Å². The summed E-state index contributed by atoms with van der Waals surface area (Å²) in [6.07, 6.45) is 0.780. The molecule has 2 aromatic heterocycles. The van der Waals surface area contributed by atoms with Crippen molar-refractivity contribution in [3.63, 3.8) is 0 Å². The molecule has 0 saturated heterocycles. The van der Waals surface area contributed by atoms with E-state index in [4.69, 9.17) is 5.73 Å². The van der Waals surface area contributed by atoms with Gasteiger partial charge in [0.15, 0.2) is 0 Å². The van der Waals surface area contributed by atoms with Gasteiger partial charge in [-0.05, 0) is 37.6 Å². The van der Waals surface area contributed by atoms with Gasteiger partial charge in [-0.15, -0.1) is 35.1 Å². The topological polar surface area (TPSA) is 68.0 Å². The average Bonchev–Trinajstić information content (AvgIpc) is 3.13. The standard InChI is InChI=1S/C16H17N3OS2.ClH/c1-10(17)8-9-18-15(20)13-6-7-14(21-13)16-19-11-4-2-3-5-12(11)22-16;/h2-7,10H,8-9,17H2,1H3,(H,18,20);1H. The first kappa shape index (κ1) is 17.9. The summed E-state index contributed by atoms with van der Waals surface area (Å²) in [6.45, 7) is 2.54. The Kier molecular flexibility index (Phi) is 6.12. The first-order valence-electron chi connectivity index (χ1n) is 7.13. The Morgan fingerprint density at radius 3 is 2.78 bits per heavy atom. The summed E-state index contributed by atoms with van der Waals surface area (Å²) in [5.41, 5.74) is 6.68. The van der Waals surface area contributed by atoms with Crippen molar-refractivity contribution >= 4 is 51.2 Å². The number of thiophene rings is 1. The first-order chi connectivity index (χ1) is 10.6. The SMILES string of the molecule is CC(N)CCNC(=O)c1ccc(-c2nc3ccccc3s2)s1.Cl. The second-order valence-electron chi connectivity index (χ2n) is 5.17. The number of aromatic nitrogens is 1. The number of benzene rings is 1. The van der Waals surface area contributed by atoms with Crippen molar-refractivity contribution < 1.29 is 4.79 Å². The molecule has 1 aromatic carbocycles. The van der Waals surface area contributed by atoms with E-state index < -0.39 is 0 Å². The van der Waals surface area contributed by atoms with Crippen molar-refractivity contribution in [3.8, 4) is 9.88 Å². The van der Waals surface area contributed by atoms with Crippen LogP contribution in [0.15, 0.2) is 36.4 Å². The molecule has 2 heterocycles. The molecule has 4 nitrogen and oxygen atoms in total. The Bertz CT molecular complexity index is 764. The minimum absolute atomic E-state index is 0. The van der Waals surface area contributed by atoms with Crippen molar-refractivity contribution in [2.45, 2.75) is 19.4 Å². The minimum atomic E-state index is -0.0435. The Morgan fingerprint density at radius 1 is 1.26 bits per heavy atom. The van der Waals surface area contributed by atoms with Crippen LogP contribution in [0, 0.1) is 0 Å². The highest BCUT2D eigenvalue weighted by Gasteiger charge is 2.13. The van der Waals surface area contributed by atoms with Crippen molar-refractivity contribution in [2.75, 3.05) is 6.54 Å². The molecule has 0 aliphatic heterocycles. The Hall–Kier alpha value is -1.47. The molecule has 0 fully saturated rings. The highest BCUT2D eigenvalue weighted by Crippen LogP contribution is 2.34. The van der Waals surface area contributed by atoms with Crippen LogP contribution in [0.25, 0.3) is 20.1 Å².